The molecule has 0 fully saturated rings. The smallest absolute Gasteiger partial charge is 0.219 e. The van der Waals surface area contributed by atoms with Crippen molar-refractivity contribution in [1.29, 1.82) is 0 Å². The Labute approximate surface area is 105 Å². The molecule has 0 aliphatic carbocycles. The van der Waals surface area contributed by atoms with Gasteiger partial charge in [-0.05, 0) is 13.8 Å². The van der Waals surface area contributed by atoms with E-state index in [-0.39, 0.29) is 4.83 Å². The second-order valence-corrected chi connectivity index (χ2v) is 4.74. The van der Waals surface area contributed by atoms with Gasteiger partial charge in [0.2, 0.25) is 5.88 Å². The zero-order valence-electron chi connectivity index (χ0n) is 9.86. The van der Waals surface area contributed by atoms with Crippen LogP contribution >= 0.6 is 15.9 Å². The fourth-order valence-corrected chi connectivity index (χ4v) is 1.98. The lowest BCUT2D eigenvalue weighted by atomic mass is 10.1. The maximum Gasteiger partial charge on any atom is 0.219 e. The van der Waals surface area contributed by atoms with Crippen LogP contribution < -0.4 is 4.74 Å². The maximum absolute atomic E-state index is 5.42. The zero-order valence-corrected chi connectivity index (χ0v) is 11.5. The summed E-state index contributed by atoms with van der Waals surface area (Å²) in [6.45, 7) is 5.20. The first-order valence-electron chi connectivity index (χ1n) is 5.25. The number of ether oxygens (including phenoxy) is 2. The average Bonchev–Trinajstić information content (AvgIpc) is 2.24. The number of halogens is 1. The Hall–Kier alpha value is -0.680. The molecule has 16 heavy (non-hydrogen) atoms. The standard InChI is InChI=1S/C11H17BrN2O2/c1-4-16-11-8(2)10(13-7-14-11)5-9(12)6-15-3/h7,9H,4-6H2,1-3H3. The van der Waals surface area contributed by atoms with Gasteiger partial charge < -0.3 is 9.47 Å². The van der Waals surface area contributed by atoms with Crippen LogP contribution in [0.3, 0.4) is 0 Å². The molecule has 1 rings (SSSR count). The van der Waals surface area contributed by atoms with Gasteiger partial charge in [-0.25, -0.2) is 9.97 Å². The number of hydrogen-bond acceptors (Lipinski definition) is 4. The molecule has 0 amide bonds. The molecule has 0 saturated heterocycles. The van der Waals surface area contributed by atoms with Gasteiger partial charge >= 0.3 is 0 Å². The normalized spacial score (nSPS) is 12.5. The van der Waals surface area contributed by atoms with Gasteiger partial charge in [0.05, 0.1) is 18.9 Å². The number of rotatable bonds is 6. The summed E-state index contributed by atoms with van der Waals surface area (Å²) in [6.07, 6.45) is 2.35. The van der Waals surface area contributed by atoms with E-state index in [1.54, 1.807) is 13.4 Å². The summed E-state index contributed by atoms with van der Waals surface area (Å²) in [7, 11) is 1.69. The lowest BCUT2D eigenvalue weighted by molar-refractivity contribution is 0.200. The Balaban J connectivity index is 2.76. The van der Waals surface area contributed by atoms with Crippen molar-refractivity contribution >= 4 is 15.9 Å². The molecule has 90 valence electrons. The monoisotopic (exact) mass is 288 g/mol. The minimum atomic E-state index is 0.264. The van der Waals surface area contributed by atoms with E-state index in [9.17, 15) is 0 Å². The molecule has 1 aromatic rings. The first kappa shape index (κ1) is 13.4. The summed E-state index contributed by atoms with van der Waals surface area (Å²) >= 11 is 3.55. The minimum Gasteiger partial charge on any atom is -0.478 e. The van der Waals surface area contributed by atoms with E-state index in [0.29, 0.717) is 19.1 Å². The fourth-order valence-electron chi connectivity index (χ4n) is 1.41. The summed E-state index contributed by atoms with van der Waals surface area (Å²) in [5.74, 6) is 0.671. The van der Waals surface area contributed by atoms with Crippen molar-refractivity contribution in [3.63, 3.8) is 0 Å². The quantitative estimate of drug-likeness (QED) is 0.753. The van der Waals surface area contributed by atoms with Gasteiger partial charge in [0, 0.05) is 23.9 Å². The molecule has 0 aliphatic heterocycles. The second kappa shape index (κ2) is 6.81. The SMILES string of the molecule is CCOc1ncnc(CC(Br)COC)c1C. The van der Waals surface area contributed by atoms with E-state index in [2.05, 4.69) is 25.9 Å². The maximum atomic E-state index is 5.42. The summed E-state index contributed by atoms with van der Waals surface area (Å²) < 4.78 is 10.5. The van der Waals surface area contributed by atoms with E-state index in [4.69, 9.17) is 9.47 Å². The fraction of sp³-hybridized carbons (Fsp3) is 0.636. The predicted octanol–water partition coefficient (Wildman–Crippen LogP) is 2.14. The van der Waals surface area contributed by atoms with Crippen LogP contribution in [-0.4, -0.2) is 35.1 Å². The van der Waals surface area contributed by atoms with Crippen molar-refractivity contribution in [2.75, 3.05) is 20.3 Å². The third-order valence-electron chi connectivity index (χ3n) is 2.19. The zero-order chi connectivity index (χ0) is 12.0. The van der Waals surface area contributed by atoms with Crippen molar-refractivity contribution in [2.24, 2.45) is 0 Å². The molecule has 0 bridgehead atoms. The Morgan fingerprint density at radius 3 is 2.81 bits per heavy atom. The third kappa shape index (κ3) is 3.72. The Kier molecular flexibility index (Phi) is 5.69. The Morgan fingerprint density at radius 1 is 1.44 bits per heavy atom. The van der Waals surface area contributed by atoms with Crippen LogP contribution in [0.5, 0.6) is 5.88 Å². The number of aromatic nitrogens is 2. The lowest BCUT2D eigenvalue weighted by Crippen LogP contribution is -2.13. The van der Waals surface area contributed by atoms with Gasteiger partial charge in [-0.2, -0.15) is 0 Å². The third-order valence-corrected chi connectivity index (χ3v) is 2.77. The summed E-state index contributed by atoms with van der Waals surface area (Å²) in [4.78, 5) is 8.63. The number of hydrogen-bond donors (Lipinski definition) is 0. The topological polar surface area (TPSA) is 44.2 Å². The van der Waals surface area contributed by atoms with Crippen molar-refractivity contribution < 1.29 is 9.47 Å². The number of alkyl halides is 1. The van der Waals surface area contributed by atoms with Crippen LogP contribution in [0.4, 0.5) is 0 Å². The van der Waals surface area contributed by atoms with E-state index < -0.39 is 0 Å². The average molecular weight is 289 g/mol. The molecule has 4 nitrogen and oxygen atoms in total. The molecule has 0 N–H and O–H groups in total. The summed E-state index contributed by atoms with van der Waals surface area (Å²) in [5, 5.41) is 0. The van der Waals surface area contributed by atoms with Crippen LogP contribution in [0.2, 0.25) is 0 Å². The lowest BCUT2D eigenvalue weighted by Gasteiger charge is -2.12. The number of nitrogens with zero attached hydrogens (tertiary/aromatic N) is 2. The van der Waals surface area contributed by atoms with Crippen LogP contribution in [-0.2, 0) is 11.2 Å². The van der Waals surface area contributed by atoms with Gasteiger partial charge in [0.15, 0.2) is 0 Å². The molecule has 1 aromatic heterocycles. The van der Waals surface area contributed by atoms with Crippen molar-refractivity contribution in [3.8, 4) is 5.88 Å². The molecular weight excluding hydrogens is 272 g/mol. The van der Waals surface area contributed by atoms with Crippen LogP contribution in [0.25, 0.3) is 0 Å². The largest absolute Gasteiger partial charge is 0.478 e. The molecular formula is C11H17BrN2O2. The molecule has 0 radical (unpaired) electrons. The van der Waals surface area contributed by atoms with Crippen LogP contribution in [0.1, 0.15) is 18.2 Å². The highest BCUT2D eigenvalue weighted by molar-refractivity contribution is 9.09. The van der Waals surface area contributed by atoms with E-state index in [0.717, 1.165) is 17.7 Å². The summed E-state index contributed by atoms with van der Waals surface area (Å²) in [5.41, 5.74) is 2.00. The van der Waals surface area contributed by atoms with E-state index >= 15 is 0 Å². The highest BCUT2D eigenvalue weighted by atomic mass is 79.9. The molecule has 0 aromatic carbocycles. The molecule has 0 saturated carbocycles. The molecule has 1 unspecified atom stereocenters. The number of methoxy groups -OCH3 is 1. The van der Waals surface area contributed by atoms with E-state index in [1.807, 2.05) is 13.8 Å². The van der Waals surface area contributed by atoms with E-state index in [1.165, 1.54) is 0 Å². The van der Waals surface area contributed by atoms with Crippen molar-refractivity contribution in [1.82, 2.24) is 9.97 Å². The van der Waals surface area contributed by atoms with Gasteiger partial charge in [-0.15, -0.1) is 0 Å². The first-order chi connectivity index (χ1) is 7.69. The second-order valence-electron chi connectivity index (χ2n) is 3.44. The molecule has 0 spiro atoms. The van der Waals surface area contributed by atoms with Gasteiger partial charge in [0.1, 0.15) is 6.33 Å². The summed E-state index contributed by atoms with van der Waals surface area (Å²) in [6, 6.07) is 0. The predicted molar refractivity (Wildman–Crippen MR) is 66.2 cm³/mol. The highest BCUT2D eigenvalue weighted by Gasteiger charge is 2.12. The Morgan fingerprint density at radius 2 is 2.19 bits per heavy atom. The first-order valence-corrected chi connectivity index (χ1v) is 6.16. The van der Waals surface area contributed by atoms with Crippen LogP contribution in [0, 0.1) is 6.92 Å². The van der Waals surface area contributed by atoms with Gasteiger partial charge in [0.25, 0.3) is 0 Å². The minimum absolute atomic E-state index is 0.264. The molecule has 0 aliphatic rings. The van der Waals surface area contributed by atoms with Gasteiger partial charge in [-0.3, -0.25) is 0 Å². The molecule has 1 heterocycles. The van der Waals surface area contributed by atoms with Crippen molar-refractivity contribution in [2.45, 2.75) is 25.1 Å². The van der Waals surface area contributed by atoms with Crippen molar-refractivity contribution in [3.05, 3.63) is 17.6 Å². The van der Waals surface area contributed by atoms with Crippen LogP contribution in [0.15, 0.2) is 6.33 Å². The molecule has 5 heteroatoms. The Bertz CT molecular complexity index is 334. The highest BCUT2D eigenvalue weighted by Crippen LogP contribution is 2.19. The molecule has 1 atom stereocenters. The van der Waals surface area contributed by atoms with Gasteiger partial charge in [-0.1, -0.05) is 15.9 Å².